The molecule has 0 spiro atoms. The lowest BCUT2D eigenvalue weighted by Crippen LogP contribution is -2.43. The monoisotopic (exact) mass is 452 g/mol. The van der Waals surface area contributed by atoms with E-state index in [0.717, 1.165) is 4.90 Å². The van der Waals surface area contributed by atoms with Gasteiger partial charge in [0.1, 0.15) is 0 Å². The topological polar surface area (TPSA) is 126 Å². The van der Waals surface area contributed by atoms with E-state index in [2.05, 4.69) is 0 Å². The highest BCUT2D eigenvalue weighted by Crippen LogP contribution is 2.30. The summed E-state index contributed by atoms with van der Waals surface area (Å²) in [6, 6.07) is 4.67. The quantitative estimate of drug-likeness (QED) is 0.490. The van der Waals surface area contributed by atoms with Crippen molar-refractivity contribution >= 4 is 18.0 Å². The summed E-state index contributed by atoms with van der Waals surface area (Å²) in [4.78, 5) is 39.0. The number of hydrogen-bond donors (Lipinski definition) is 2. The predicted octanol–water partition coefficient (Wildman–Crippen LogP) is 2.27. The Morgan fingerprint density at radius 2 is 1.84 bits per heavy atom. The van der Waals surface area contributed by atoms with Gasteiger partial charge in [0.2, 0.25) is 0 Å². The van der Waals surface area contributed by atoms with Crippen LogP contribution in [-0.4, -0.2) is 91.1 Å². The largest absolute Gasteiger partial charge is 0.493 e. The molecular weight excluding hydrogens is 420 g/mol. The van der Waals surface area contributed by atoms with Crippen LogP contribution in [0.15, 0.2) is 18.2 Å². The summed E-state index contributed by atoms with van der Waals surface area (Å²) in [6.45, 7) is 4.72. The van der Waals surface area contributed by atoms with Gasteiger partial charge < -0.3 is 34.2 Å². The molecule has 1 fully saturated rings. The van der Waals surface area contributed by atoms with Gasteiger partial charge in [-0.25, -0.2) is 4.79 Å². The first-order valence-corrected chi connectivity index (χ1v) is 10.5. The lowest BCUT2D eigenvalue weighted by Gasteiger charge is -2.31. The second kappa shape index (κ2) is 11.6. The minimum atomic E-state index is -1.16. The average Bonchev–Trinajstić information content (AvgIpc) is 3.19. The molecule has 0 aliphatic carbocycles. The number of carbonyl (C=O) groups excluding carboxylic acids is 1. The number of benzene rings is 1. The zero-order chi connectivity index (χ0) is 23.8. The summed E-state index contributed by atoms with van der Waals surface area (Å²) in [5.74, 6) is -1.80. The summed E-state index contributed by atoms with van der Waals surface area (Å²) in [6.07, 6.45) is -0.486. The van der Waals surface area contributed by atoms with Crippen LogP contribution in [0.1, 0.15) is 30.6 Å². The molecule has 0 saturated carbocycles. The Hall–Kier alpha value is -3.01. The normalized spacial score (nSPS) is 18.0. The molecular formula is C22H32N2O8. The smallest absolute Gasteiger partial charge is 0.407 e. The number of nitrogens with zero attached hydrogens (tertiary/aromatic N) is 2. The van der Waals surface area contributed by atoms with Gasteiger partial charge in [-0.3, -0.25) is 9.59 Å². The fourth-order valence-corrected chi connectivity index (χ4v) is 3.75. The maximum Gasteiger partial charge on any atom is 0.407 e. The Bertz CT molecular complexity index is 813. The van der Waals surface area contributed by atoms with Crippen LogP contribution >= 0.6 is 0 Å². The number of ether oxygens (including phenoxy) is 3. The van der Waals surface area contributed by atoms with Gasteiger partial charge in [0.15, 0.2) is 11.5 Å². The molecule has 0 bridgehead atoms. The van der Waals surface area contributed by atoms with Crippen LogP contribution in [0.5, 0.6) is 11.5 Å². The third-order valence-corrected chi connectivity index (χ3v) is 5.51. The molecule has 0 aromatic heterocycles. The maximum absolute atomic E-state index is 13.3. The highest BCUT2D eigenvalue weighted by molar-refractivity contribution is 5.95. The third-order valence-electron chi connectivity index (χ3n) is 5.51. The number of aliphatic carboxylic acids is 1. The van der Waals surface area contributed by atoms with Crippen LogP contribution in [0.2, 0.25) is 0 Å². The minimum Gasteiger partial charge on any atom is -0.493 e. The molecule has 0 radical (unpaired) electrons. The summed E-state index contributed by atoms with van der Waals surface area (Å²) in [5.41, 5.74) is 0.376. The average molecular weight is 453 g/mol. The van der Waals surface area contributed by atoms with Crippen molar-refractivity contribution in [3.63, 3.8) is 0 Å². The number of carboxylic acid groups (broad SMARTS) is 2. The summed E-state index contributed by atoms with van der Waals surface area (Å²) < 4.78 is 16.1. The molecule has 32 heavy (non-hydrogen) atoms. The van der Waals surface area contributed by atoms with E-state index in [4.69, 9.17) is 14.2 Å². The summed E-state index contributed by atoms with van der Waals surface area (Å²) in [7, 11) is 3.12. The molecule has 1 aromatic carbocycles. The van der Waals surface area contributed by atoms with E-state index in [1.807, 2.05) is 13.8 Å². The van der Waals surface area contributed by atoms with E-state index >= 15 is 0 Å². The Balaban J connectivity index is 2.22. The third kappa shape index (κ3) is 6.25. The second-order valence-electron chi connectivity index (χ2n) is 8.00. The number of carboxylic acids is 1. The predicted molar refractivity (Wildman–Crippen MR) is 115 cm³/mol. The van der Waals surface area contributed by atoms with Crippen LogP contribution in [0.3, 0.4) is 0 Å². The molecule has 1 saturated heterocycles. The Labute approximate surface area is 187 Å². The van der Waals surface area contributed by atoms with Crippen molar-refractivity contribution in [2.75, 3.05) is 47.1 Å². The van der Waals surface area contributed by atoms with Crippen molar-refractivity contribution in [2.45, 2.75) is 26.3 Å². The van der Waals surface area contributed by atoms with E-state index in [1.165, 1.54) is 7.11 Å². The molecule has 0 unspecified atom stereocenters. The molecule has 2 amide bonds. The van der Waals surface area contributed by atoms with E-state index < -0.39 is 23.9 Å². The van der Waals surface area contributed by atoms with Crippen LogP contribution in [0, 0.1) is 11.8 Å². The van der Waals surface area contributed by atoms with Crippen molar-refractivity contribution in [3.05, 3.63) is 23.8 Å². The van der Waals surface area contributed by atoms with Crippen LogP contribution in [-0.2, 0) is 9.53 Å². The Kier molecular flexibility index (Phi) is 9.13. The fraction of sp³-hybridized carbons (Fsp3) is 0.591. The second-order valence-corrected chi connectivity index (χ2v) is 8.00. The molecule has 1 heterocycles. The first-order valence-electron chi connectivity index (χ1n) is 10.5. The van der Waals surface area contributed by atoms with Crippen molar-refractivity contribution in [1.29, 1.82) is 0 Å². The van der Waals surface area contributed by atoms with Crippen LogP contribution in [0.25, 0.3) is 0 Å². The molecule has 2 N–H and O–H groups in total. The van der Waals surface area contributed by atoms with Crippen molar-refractivity contribution in [3.8, 4) is 11.5 Å². The molecule has 2 atom stereocenters. The maximum atomic E-state index is 13.3. The molecule has 1 aliphatic heterocycles. The number of rotatable bonds is 11. The standard InChI is InChI=1S/C22H32N2O8/c1-14(2)24(12-16-11-23(22(28)29)13-17(16)21(26)27)20(25)15-6-7-18(31-4)19(10-15)32-9-5-8-30-3/h6-7,10,14,16-17H,5,8-9,11-13H2,1-4H3,(H,26,27)(H,28,29)/t16-,17-/m1/s1. The first kappa shape index (κ1) is 25.3. The molecule has 10 heteroatoms. The molecule has 178 valence electrons. The number of amides is 2. The van der Waals surface area contributed by atoms with Gasteiger partial charge in [-0.2, -0.15) is 0 Å². The Morgan fingerprint density at radius 3 is 2.41 bits per heavy atom. The molecule has 10 nitrogen and oxygen atoms in total. The lowest BCUT2D eigenvalue weighted by atomic mass is 9.95. The summed E-state index contributed by atoms with van der Waals surface area (Å²) >= 11 is 0. The number of likely N-dealkylation sites (tertiary alicyclic amines) is 1. The van der Waals surface area contributed by atoms with E-state index in [1.54, 1.807) is 30.2 Å². The number of methoxy groups -OCH3 is 2. The first-order chi connectivity index (χ1) is 15.2. The lowest BCUT2D eigenvalue weighted by molar-refractivity contribution is -0.142. The zero-order valence-corrected chi connectivity index (χ0v) is 18.9. The van der Waals surface area contributed by atoms with Gasteiger partial charge in [0, 0.05) is 57.3 Å². The summed E-state index contributed by atoms with van der Waals surface area (Å²) in [5, 5.41) is 18.8. The zero-order valence-electron chi connectivity index (χ0n) is 18.9. The highest BCUT2D eigenvalue weighted by atomic mass is 16.5. The molecule has 1 aromatic rings. The van der Waals surface area contributed by atoms with Crippen LogP contribution in [0.4, 0.5) is 4.79 Å². The van der Waals surface area contributed by atoms with Gasteiger partial charge in [-0.05, 0) is 32.0 Å². The number of carbonyl (C=O) groups is 3. The number of hydrogen-bond acceptors (Lipinski definition) is 6. The molecule has 1 aliphatic rings. The van der Waals surface area contributed by atoms with Gasteiger partial charge in [0.25, 0.3) is 5.91 Å². The van der Waals surface area contributed by atoms with Crippen molar-refractivity contribution in [2.24, 2.45) is 11.8 Å². The fourth-order valence-electron chi connectivity index (χ4n) is 3.75. The van der Waals surface area contributed by atoms with Gasteiger partial charge >= 0.3 is 12.1 Å². The minimum absolute atomic E-state index is 0.0687. The van der Waals surface area contributed by atoms with E-state index in [-0.39, 0.29) is 31.6 Å². The van der Waals surface area contributed by atoms with E-state index in [0.29, 0.717) is 36.7 Å². The van der Waals surface area contributed by atoms with Gasteiger partial charge in [-0.1, -0.05) is 0 Å². The van der Waals surface area contributed by atoms with Crippen molar-refractivity contribution < 1.29 is 38.8 Å². The van der Waals surface area contributed by atoms with Gasteiger partial charge in [-0.15, -0.1) is 0 Å². The molecule has 2 rings (SSSR count). The highest BCUT2D eigenvalue weighted by Gasteiger charge is 2.41. The van der Waals surface area contributed by atoms with Crippen molar-refractivity contribution in [1.82, 2.24) is 9.80 Å². The SMILES string of the molecule is COCCCOc1cc(C(=O)N(C[C@H]2CN(C(=O)O)C[C@H]2C(=O)O)C(C)C)ccc1OC. The van der Waals surface area contributed by atoms with Gasteiger partial charge in [0.05, 0.1) is 19.6 Å². The Morgan fingerprint density at radius 1 is 1.12 bits per heavy atom. The van der Waals surface area contributed by atoms with Crippen LogP contribution < -0.4 is 9.47 Å². The van der Waals surface area contributed by atoms with E-state index in [9.17, 15) is 24.6 Å².